The maximum Gasteiger partial charge on any atom is 0.266 e. The van der Waals surface area contributed by atoms with Gasteiger partial charge in [-0.15, -0.1) is 11.3 Å². The normalized spacial score (nSPS) is 19.8. The summed E-state index contributed by atoms with van der Waals surface area (Å²) in [5, 5.41) is 1.87. The number of hydrogen-bond acceptors (Lipinski definition) is 3. The summed E-state index contributed by atoms with van der Waals surface area (Å²) in [5.74, 6) is 0.0975. The third-order valence-electron chi connectivity index (χ3n) is 3.08. The zero-order chi connectivity index (χ0) is 11.8. The molecule has 2 rings (SSSR count). The quantitative estimate of drug-likeness (QED) is 0.817. The van der Waals surface area contributed by atoms with Gasteiger partial charge in [0.2, 0.25) is 0 Å². The molecule has 1 saturated heterocycles. The van der Waals surface area contributed by atoms with Crippen molar-refractivity contribution in [3.05, 3.63) is 16.3 Å². The minimum Gasteiger partial charge on any atom is -0.397 e. The van der Waals surface area contributed by atoms with Crippen molar-refractivity contribution >= 4 is 22.9 Å². The molecule has 2 N–H and O–H groups in total. The van der Waals surface area contributed by atoms with Crippen LogP contribution in [0.25, 0.3) is 0 Å². The first-order valence-electron chi connectivity index (χ1n) is 5.62. The Labute approximate surface area is 100 Å². The number of thiophene rings is 1. The molecular formula is C12H18N2OS. The van der Waals surface area contributed by atoms with Crippen LogP contribution in [0.5, 0.6) is 0 Å². The first kappa shape index (κ1) is 11.5. The van der Waals surface area contributed by atoms with E-state index in [2.05, 4.69) is 13.8 Å². The van der Waals surface area contributed by atoms with E-state index >= 15 is 0 Å². The van der Waals surface area contributed by atoms with Gasteiger partial charge in [0, 0.05) is 13.1 Å². The van der Waals surface area contributed by atoms with Gasteiger partial charge in [0.05, 0.1) is 5.69 Å². The van der Waals surface area contributed by atoms with E-state index in [1.807, 2.05) is 10.3 Å². The van der Waals surface area contributed by atoms with Crippen LogP contribution in [0, 0.1) is 5.41 Å². The molecular weight excluding hydrogens is 220 g/mol. The van der Waals surface area contributed by atoms with E-state index in [9.17, 15) is 4.79 Å². The van der Waals surface area contributed by atoms with Gasteiger partial charge in [-0.2, -0.15) is 0 Å². The Bertz CT molecular complexity index is 397. The van der Waals surface area contributed by atoms with E-state index in [-0.39, 0.29) is 11.3 Å². The molecule has 88 valence electrons. The second-order valence-electron chi connectivity index (χ2n) is 5.20. The average molecular weight is 238 g/mol. The van der Waals surface area contributed by atoms with E-state index in [4.69, 9.17) is 5.73 Å². The number of nitrogens with two attached hydrogens (primary N) is 1. The number of rotatable bonds is 1. The molecule has 1 aliphatic rings. The largest absolute Gasteiger partial charge is 0.397 e. The van der Waals surface area contributed by atoms with Crippen molar-refractivity contribution in [2.75, 3.05) is 18.8 Å². The van der Waals surface area contributed by atoms with Gasteiger partial charge in [-0.1, -0.05) is 13.8 Å². The van der Waals surface area contributed by atoms with Crippen molar-refractivity contribution < 1.29 is 4.79 Å². The standard InChI is InChI=1S/C12H18N2OS/c1-12(2)5-3-6-14(8-12)11(15)10-9(13)4-7-16-10/h4,7H,3,5-6,8,13H2,1-2H3. The zero-order valence-corrected chi connectivity index (χ0v) is 10.6. The lowest BCUT2D eigenvalue weighted by atomic mass is 9.84. The molecule has 0 radical (unpaired) electrons. The fraction of sp³-hybridized carbons (Fsp3) is 0.583. The van der Waals surface area contributed by atoms with Gasteiger partial charge >= 0.3 is 0 Å². The van der Waals surface area contributed by atoms with Crippen molar-refractivity contribution in [1.82, 2.24) is 4.90 Å². The lowest BCUT2D eigenvalue weighted by Gasteiger charge is -2.37. The smallest absolute Gasteiger partial charge is 0.266 e. The first-order valence-corrected chi connectivity index (χ1v) is 6.50. The van der Waals surface area contributed by atoms with Crippen LogP contribution in [-0.4, -0.2) is 23.9 Å². The summed E-state index contributed by atoms with van der Waals surface area (Å²) >= 11 is 1.44. The molecule has 1 amide bonds. The highest BCUT2D eigenvalue weighted by Crippen LogP contribution is 2.30. The fourth-order valence-corrected chi connectivity index (χ4v) is 3.02. The molecule has 3 nitrogen and oxygen atoms in total. The van der Waals surface area contributed by atoms with Crippen molar-refractivity contribution in [3.63, 3.8) is 0 Å². The highest BCUT2D eigenvalue weighted by atomic mass is 32.1. The predicted octanol–water partition coefficient (Wildman–Crippen LogP) is 2.59. The van der Waals surface area contributed by atoms with Crippen LogP contribution in [0.4, 0.5) is 5.69 Å². The molecule has 0 aromatic carbocycles. The second kappa shape index (κ2) is 4.09. The van der Waals surface area contributed by atoms with Crippen LogP contribution >= 0.6 is 11.3 Å². The average Bonchev–Trinajstić information content (AvgIpc) is 2.62. The summed E-state index contributed by atoms with van der Waals surface area (Å²) in [6.07, 6.45) is 2.28. The summed E-state index contributed by atoms with van der Waals surface area (Å²) < 4.78 is 0. The van der Waals surface area contributed by atoms with Gasteiger partial charge in [-0.05, 0) is 29.7 Å². The predicted molar refractivity (Wildman–Crippen MR) is 67.6 cm³/mol. The Morgan fingerprint density at radius 3 is 2.88 bits per heavy atom. The third kappa shape index (κ3) is 2.21. The zero-order valence-electron chi connectivity index (χ0n) is 9.82. The molecule has 16 heavy (non-hydrogen) atoms. The number of nitrogens with zero attached hydrogens (tertiary/aromatic N) is 1. The van der Waals surface area contributed by atoms with Crippen molar-refractivity contribution in [2.45, 2.75) is 26.7 Å². The summed E-state index contributed by atoms with van der Waals surface area (Å²) in [4.78, 5) is 14.9. The minimum atomic E-state index is 0.0975. The fourth-order valence-electron chi connectivity index (χ4n) is 2.23. The highest BCUT2D eigenvalue weighted by Gasteiger charge is 2.30. The van der Waals surface area contributed by atoms with Gasteiger partial charge < -0.3 is 10.6 Å². The number of hydrogen-bond donors (Lipinski definition) is 1. The maximum atomic E-state index is 12.2. The van der Waals surface area contributed by atoms with Crippen molar-refractivity contribution in [3.8, 4) is 0 Å². The molecule has 4 heteroatoms. The van der Waals surface area contributed by atoms with Gasteiger partial charge in [-0.3, -0.25) is 4.79 Å². The molecule has 0 bridgehead atoms. The van der Waals surface area contributed by atoms with Crippen LogP contribution in [0.15, 0.2) is 11.4 Å². The first-order chi connectivity index (χ1) is 7.49. The van der Waals surface area contributed by atoms with Crippen LogP contribution in [0.2, 0.25) is 0 Å². The minimum absolute atomic E-state index is 0.0975. The van der Waals surface area contributed by atoms with Gasteiger partial charge in [-0.25, -0.2) is 0 Å². The molecule has 1 fully saturated rings. The Morgan fingerprint density at radius 1 is 1.56 bits per heavy atom. The number of carbonyl (C=O) groups excluding carboxylic acids is 1. The number of likely N-dealkylation sites (tertiary alicyclic amines) is 1. The lowest BCUT2D eigenvalue weighted by molar-refractivity contribution is 0.0589. The molecule has 0 spiro atoms. The Morgan fingerprint density at radius 2 is 2.31 bits per heavy atom. The summed E-state index contributed by atoms with van der Waals surface area (Å²) in [7, 11) is 0. The second-order valence-corrected chi connectivity index (χ2v) is 6.12. The Kier molecular flexibility index (Phi) is 2.93. The van der Waals surface area contributed by atoms with E-state index in [0.717, 1.165) is 19.5 Å². The number of amides is 1. The van der Waals surface area contributed by atoms with Crippen LogP contribution in [-0.2, 0) is 0 Å². The SMILES string of the molecule is CC1(C)CCCN(C(=O)c2sccc2N)C1. The van der Waals surface area contributed by atoms with E-state index in [1.54, 1.807) is 6.07 Å². The molecule has 0 saturated carbocycles. The number of anilines is 1. The highest BCUT2D eigenvalue weighted by molar-refractivity contribution is 7.12. The van der Waals surface area contributed by atoms with Crippen LogP contribution < -0.4 is 5.73 Å². The van der Waals surface area contributed by atoms with Gasteiger partial charge in [0.15, 0.2) is 0 Å². The summed E-state index contributed by atoms with van der Waals surface area (Å²) in [5.41, 5.74) is 6.62. The van der Waals surface area contributed by atoms with Crippen molar-refractivity contribution in [2.24, 2.45) is 5.41 Å². The van der Waals surface area contributed by atoms with Crippen LogP contribution in [0.3, 0.4) is 0 Å². The van der Waals surface area contributed by atoms with Gasteiger partial charge in [0.25, 0.3) is 5.91 Å². The molecule has 0 unspecified atom stereocenters. The molecule has 2 heterocycles. The van der Waals surface area contributed by atoms with Crippen molar-refractivity contribution in [1.29, 1.82) is 0 Å². The van der Waals surface area contributed by atoms with E-state index < -0.39 is 0 Å². The van der Waals surface area contributed by atoms with E-state index in [1.165, 1.54) is 17.8 Å². The monoisotopic (exact) mass is 238 g/mol. The number of nitrogen functional groups attached to an aromatic ring is 1. The Balaban J connectivity index is 2.14. The molecule has 1 aromatic rings. The third-order valence-corrected chi connectivity index (χ3v) is 4.00. The molecule has 1 aromatic heterocycles. The number of carbonyl (C=O) groups is 1. The molecule has 1 aliphatic heterocycles. The number of piperidine rings is 1. The Hall–Kier alpha value is -1.03. The lowest BCUT2D eigenvalue weighted by Crippen LogP contribution is -2.43. The summed E-state index contributed by atoms with van der Waals surface area (Å²) in [6.45, 7) is 6.12. The van der Waals surface area contributed by atoms with Crippen LogP contribution in [0.1, 0.15) is 36.4 Å². The van der Waals surface area contributed by atoms with E-state index in [0.29, 0.717) is 10.6 Å². The maximum absolute atomic E-state index is 12.2. The molecule has 0 atom stereocenters. The van der Waals surface area contributed by atoms with Gasteiger partial charge in [0.1, 0.15) is 4.88 Å². The summed E-state index contributed by atoms with van der Waals surface area (Å²) in [6, 6.07) is 1.80. The molecule has 0 aliphatic carbocycles. The topological polar surface area (TPSA) is 46.3 Å².